The second kappa shape index (κ2) is 4.94. The molecule has 0 saturated heterocycles. The number of hydrogen-bond acceptors (Lipinski definition) is 4. The van der Waals surface area contributed by atoms with Crippen LogP contribution in [0, 0.1) is 5.92 Å². The molecule has 3 nitrogen and oxygen atoms in total. The molecule has 15 heavy (non-hydrogen) atoms. The quantitative estimate of drug-likeness (QED) is 0.862. The van der Waals surface area contributed by atoms with Crippen LogP contribution in [0.1, 0.15) is 38.3 Å². The maximum absolute atomic E-state index is 5.84. The van der Waals surface area contributed by atoms with Gasteiger partial charge in [-0.25, -0.2) is 4.98 Å². The van der Waals surface area contributed by atoms with Gasteiger partial charge in [0.15, 0.2) is 5.13 Å². The van der Waals surface area contributed by atoms with Gasteiger partial charge in [-0.15, -0.1) is 11.3 Å². The topological polar surface area (TPSA) is 48.1 Å². The zero-order chi connectivity index (χ0) is 10.7. The van der Waals surface area contributed by atoms with Crippen molar-refractivity contribution >= 4 is 16.5 Å². The van der Waals surface area contributed by atoms with Gasteiger partial charge in [0, 0.05) is 5.38 Å². The lowest BCUT2D eigenvalue weighted by Crippen LogP contribution is -2.21. The Morgan fingerprint density at radius 1 is 1.60 bits per heavy atom. The summed E-state index contributed by atoms with van der Waals surface area (Å²) in [6.45, 7) is 2.92. The van der Waals surface area contributed by atoms with Crippen molar-refractivity contribution in [2.75, 3.05) is 5.73 Å². The molecule has 1 aliphatic rings. The maximum Gasteiger partial charge on any atom is 0.180 e. The van der Waals surface area contributed by atoms with E-state index in [9.17, 15) is 0 Å². The van der Waals surface area contributed by atoms with Gasteiger partial charge in [-0.1, -0.05) is 19.8 Å². The molecule has 1 aromatic heterocycles. The summed E-state index contributed by atoms with van der Waals surface area (Å²) >= 11 is 1.48. The first-order valence-electron chi connectivity index (χ1n) is 5.55. The van der Waals surface area contributed by atoms with Gasteiger partial charge < -0.3 is 10.5 Å². The molecule has 1 saturated carbocycles. The summed E-state index contributed by atoms with van der Waals surface area (Å²) in [7, 11) is 0. The number of aromatic nitrogens is 1. The van der Waals surface area contributed by atoms with Crippen molar-refractivity contribution < 1.29 is 4.74 Å². The Bertz CT molecular complexity index is 313. The molecule has 2 unspecified atom stereocenters. The molecule has 0 bridgehead atoms. The van der Waals surface area contributed by atoms with Crippen molar-refractivity contribution in [1.29, 1.82) is 0 Å². The van der Waals surface area contributed by atoms with Crippen LogP contribution in [-0.2, 0) is 11.3 Å². The zero-order valence-corrected chi connectivity index (χ0v) is 9.93. The predicted octanol–water partition coefficient (Wildman–Crippen LogP) is 2.82. The third kappa shape index (κ3) is 3.18. The first-order valence-corrected chi connectivity index (χ1v) is 6.43. The minimum Gasteiger partial charge on any atom is -0.375 e. The molecule has 84 valence electrons. The summed E-state index contributed by atoms with van der Waals surface area (Å²) in [5, 5.41) is 2.60. The molecule has 0 aliphatic heterocycles. The van der Waals surface area contributed by atoms with E-state index in [2.05, 4.69) is 11.9 Å². The van der Waals surface area contributed by atoms with Crippen molar-refractivity contribution in [2.45, 2.75) is 45.3 Å². The smallest absolute Gasteiger partial charge is 0.180 e. The van der Waals surface area contributed by atoms with Crippen LogP contribution in [0.5, 0.6) is 0 Å². The Morgan fingerprint density at radius 3 is 3.13 bits per heavy atom. The van der Waals surface area contributed by atoms with E-state index in [-0.39, 0.29) is 0 Å². The molecular weight excluding hydrogens is 208 g/mol. The van der Waals surface area contributed by atoms with E-state index < -0.39 is 0 Å². The van der Waals surface area contributed by atoms with Crippen LogP contribution in [0.25, 0.3) is 0 Å². The van der Waals surface area contributed by atoms with Crippen molar-refractivity contribution in [3.8, 4) is 0 Å². The number of nitrogens with zero attached hydrogens (tertiary/aromatic N) is 1. The number of anilines is 1. The summed E-state index contributed by atoms with van der Waals surface area (Å²) in [5.41, 5.74) is 6.53. The average molecular weight is 226 g/mol. The normalized spacial score (nSPS) is 26.7. The Balaban J connectivity index is 1.77. The summed E-state index contributed by atoms with van der Waals surface area (Å²) in [6.07, 6.45) is 5.47. The number of thiazole rings is 1. The van der Waals surface area contributed by atoms with Crippen LogP contribution in [0.15, 0.2) is 5.38 Å². The lowest BCUT2D eigenvalue weighted by Gasteiger charge is -2.26. The Labute approximate surface area is 94.7 Å². The van der Waals surface area contributed by atoms with Gasteiger partial charge in [0.1, 0.15) is 0 Å². The lowest BCUT2D eigenvalue weighted by atomic mass is 9.89. The first-order chi connectivity index (χ1) is 7.24. The molecule has 4 heteroatoms. The minimum absolute atomic E-state index is 0.427. The molecule has 0 spiro atoms. The molecule has 0 radical (unpaired) electrons. The predicted molar refractivity (Wildman–Crippen MR) is 62.7 cm³/mol. The van der Waals surface area contributed by atoms with Gasteiger partial charge in [0.05, 0.1) is 18.4 Å². The Kier molecular flexibility index (Phi) is 3.59. The fourth-order valence-corrected chi connectivity index (χ4v) is 2.67. The molecule has 1 fully saturated rings. The van der Waals surface area contributed by atoms with Gasteiger partial charge in [-0.2, -0.15) is 0 Å². The highest BCUT2D eigenvalue weighted by molar-refractivity contribution is 7.13. The van der Waals surface area contributed by atoms with E-state index in [4.69, 9.17) is 10.5 Å². The molecule has 2 N–H and O–H groups in total. The molecular formula is C11H18N2OS. The lowest BCUT2D eigenvalue weighted by molar-refractivity contribution is 0.00344. The highest BCUT2D eigenvalue weighted by atomic mass is 32.1. The van der Waals surface area contributed by atoms with E-state index >= 15 is 0 Å². The van der Waals surface area contributed by atoms with Crippen LogP contribution >= 0.6 is 11.3 Å². The number of nitrogen functional groups attached to an aromatic ring is 1. The van der Waals surface area contributed by atoms with E-state index in [1.165, 1.54) is 37.0 Å². The molecule has 1 aromatic rings. The fourth-order valence-electron chi connectivity index (χ4n) is 2.12. The minimum atomic E-state index is 0.427. The summed E-state index contributed by atoms with van der Waals surface area (Å²) < 4.78 is 5.84. The number of hydrogen-bond donors (Lipinski definition) is 1. The first kappa shape index (κ1) is 10.9. The average Bonchev–Trinajstić information content (AvgIpc) is 2.62. The number of ether oxygens (including phenoxy) is 1. The number of nitrogens with two attached hydrogens (primary N) is 1. The highest BCUT2D eigenvalue weighted by Gasteiger charge is 2.19. The molecule has 2 rings (SSSR count). The SMILES string of the molecule is CC1CCCC(OCc2csc(N)n2)C1. The monoisotopic (exact) mass is 226 g/mol. The van der Waals surface area contributed by atoms with Gasteiger partial charge in [-0.05, 0) is 18.8 Å². The Hall–Kier alpha value is -0.610. The largest absolute Gasteiger partial charge is 0.375 e. The van der Waals surface area contributed by atoms with Crippen molar-refractivity contribution in [3.05, 3.63) is 11.1 Å². The second-order valence-corrected chi connectivity index (χ2v) is 5.27. The van der Waals surface area contributed by atoms with Crippen LogP contribution in [-0.4, -0.2) is 11.1 Å². The molecule has 1 heterocycles. The summed E-state index contributed by atoms with van der Waals surface area (Å²) in [5.74, 6) is 0.809. The van der Waals surface area contributed by atoms with E-state index in [1.807, 2.05) is 5.38 Å². The van der Waals surface area contributed by atoms with E-state index in [0.717, 1.165) is 11.6 Å². The fraction of sp³-hybridized carbons (Fsp3) is 0.727. The highest BCUT2D eigenvalue weighted by Crippen LogP contribution is 2.26. The molecule has 0 aromatic carbocycles. The zero-order valence-electron chi connectivity index (χ0n) is 9.11. The summed E-state index contributed by atoms with van der Waals surface area (Å²) in [6, 6.07) is 0. The van der Waals surface area contributed by atoms with Gasteiger partial charge >= 0.3 is 0 Å². The third-order valence-electron chi connectivity index (χ3n) is 2.92. The van der Waals surface area contributed by atoms with Crippen LogP contribution in [0.2, 0.25) is 0 Å². The standard InChI is InChI=1S/C11H18N2OS/c1-8-3-2-4-10(5-8)14-6-9-7-15-11(12)13-9/h7-8,10H,2-6H2,1H3,(H2,12,13). The third-order valence-corrected chi connectivity index (χ3v) is 3.65. The van der Waals surface area contributed by atoms with E-state index in [1.54, 1.807) is 0 Å². The molecule has 2 atom stereocenters. The van der Waals surface area contributed by atoms with Crippen molar-refractivity contribution in [1.82, 2.24) is 4.98 Å². The molecule has 0 amide bonds. The van der Waals surface area contributed by atoms with E-state index in [0.29, 0.717) is 17.8 Å². The Morgan fingerprint density at radius 2 is 2.47 bits per heavy atom. The molecule has 1 aliphatic carbocycles. The van der Waals surface area contributed by atoms with Crippen molar-refractivity contribution in [2.24, 2.45) is 5.92 Å². The maximum atomic E-state index is 5.84. The van der Waals surface area contributed by atoms with Crippen LogP contribution < -0.4 is 5.73 Å². The van der Waals surface area contributed by atoms with Crippen LogP contribution in [0.3, 0.4) is 0 Å². The van der Waals surface area contributed by atoms with Crippen LogP contribution in [0.4, 0.5) is 5.13 Å². The van der Waals surface area contributed by atoms with Gasteiger partial charge in [0.2, 0.25) is 0 Å². The van der Waals surface area contributed by atoms with Crippen molar-refractivity contribution in [3.63, 3.8) is 0 Å². The van der Waals surface area contributed by atoms with Gasteiger partial charge in [-0.3, -0.25) is 0 Å². The van der Waals surface area contributed by atoms with Gasteiger partial charge in [0.25, 0.3) is 0 Å². The number of rotatable bonds is 3. The summed E-state index contributed by atoms with van der Waals surface area (Å²) in [4.78, 5) is 4.19. The second-order valence-electron chi connectivity index (χ2n) is 4.38.